The molecule has 0 atom stereocenters. The molecule has 0 aliphatic heterocycles. The van der Waals surface area contributed by atoms with Gasteiger partial charge in [-0.15, -0.1) is 0 Å². The number of nitrogens with zero attached hydrogens (tertiary/aromatic N) is 4. The molecule has 0 unspecified atom stereocenters. The Morgan fingerprint density at radius 3 is 2.73 bits per heavy atom. The molecule has 1 aromatic heterocycles. The van der Waals surface area contributed by atoms with E-state index < -0.39 is 0 Å². The maximum atomic E-state index is 8.94. The summed E-state index contributed by atoms with van der Waals surface area (Å²) in [4.78, 5) is 5.32. The van der Waals surface area contributed by atoms with Gasteiger partial charge in [-0.25, -0.2) is 9.67 Å². The van der Waals surface area contributed by atoms with Crippen LogP contribution in [-0.4, -0.2) is 9.78 Å². The van der Waals surface area contributed by atoms with Crippen molar-refractivity contribution in [3.63, 3.8) is 0 Å². The van der Waals surface area contributed by atoms with Crippen molar-refractivity contribution in [3.8, 4) is 16.6 Å². The van der Waals surface area contributed by atoms with E-state index in [9.17, 15) is 0 Å². The summed E-state index contributed by atoms with van der Waals surface area (Å²) in [6, 6.07) is 16.8. The highest BCUT2D eigenvalue weighted by Crippen LogP contribution is 2.22. The fraction of sp³-hybridized carbons (Fsp3) is 0.0625. The van der Waals surface area contributed by atoms with Crippen molar-refractivity contribution in [2.24, 2.45) is 12.0 Å². The van der Waals surface area contributed by atoms with Crippen molar-refractivity contribution in [1.29, 1.82) is 5.26 Å². The van der Waals surface area contributed by atoms with Gasteiger partial charge >= 0.3 is 0 Å². The molecular formula is C16H11ClN4S. The Kier molecular flexibility index (Phi) is 4.05. The Bertz CT molecular complexity index is 916. The van der Waals surface area contributed by atoms with E-state index in [0.717, 1.165) is 21.1 Å². The van der Waals surface area contributed by atoms with E-state index in [2.05, 4.69) is 16.2 Å². The van der Waals surface area contributed by atoms with Crippen LogP contribution >= 0.6 is 22.9 Å². The number of halogens is 1. The molecule has 108 valence electrons. The molecule has 3 rings (SSSR count). The van der Waals surface area contributed by atoms with E-state index in [1.807, 2.05) is 43.4 Å². The second-order valence-corrected chi connectivity index (χ2v) is 5.99. The molecule has 22 heavy (non-hydrogen) atoms. The summed E-state index contributed by atoms with van der Waals surface area (Å²) >= 11 is 7.39. The Labute approximate surface area is 136 Å². The summed E-state index contributed by atoms with van der Waals surface area (Å²) in [7, 11) is 1.85. The van der Waals surface area contributed by atoms with Gasteiger partial charge in [0.25, 0.3) is 0 Å². The van der Waals surface area contributed by atoms with Gasteiger partial charge in [-0.2, -0.15) is 10.4 Å². The largest absolute Gasteiger partial charge is 0.241 e. The van der Waals surface area contributed by atoms with Crippen LogP contribution in [0.1, 0.15) is 5.56 Å². The fourth-order valence-electron chi connectivity index (χ4n) is 1.91. The minimum Gasteiger partial charge on any atom is -0.241 e. The van der Waals surface area contributed by atoms with Crippen LogP contribution in [0, 0.1) is 11.3 Å². The SMILES string of the molecule is Cn1nc(-c2ccc(Cl)cc2)s/c1=N/c1cccc(C#N)c1. The molecule has 0 aliphatic carbocycles. The van der Waals surface area contributed by atoms with E-state index >= 15 is 0 Å². The molecule has 0 saturated heterocycles. The topological polar surface area (TPSA) is 54.0 Å². The standard InChI is InChI=1S/C16H11ClN4S/c1-21-16(19-14-4-2-3-11(9-14)10-18)22-15(20-21)12-5-7-13(17)8-6-12/h2-9H,1H3/b19-16+. The van der Waals surface area contributed by atoms with Crippen molar-refractivity contribution in [3.05, 3.63) is 63.9 Å². The van der Waals surface area contributed by atoms with Gasteiger partial charge in [0.15, 0.2) is 0 Å². The van der Waals surface area contributed by atoms with Gasteiger partial charge in [-0.1, -0.05) is 41.1 Å². The van der Waals surface area contributed by atoms with Gasteiger partial charge in [0.05, 0.1) is 17.3 Å². The minimum absolute atomic E-state index is 0.589. The Balaban J connectivity index is 2.03. The van der Waals surface area contributed by atoms with Crippen molar-refractivity contribution in [2.45, 2.75) is 0 Å². The van der Waals surface area contributed by atoms with Crippen LogP contribution in [0.15, 0.2) is 53.5 Å². The lowest BCUT2D eigenvalue weighted by Crippen LogP contribution is -2.10. The maximum absolute atomic E-state index is 8.94. The van der Waals surface area contributed by atoms with Crippen LogP contribution in [0.5, 0.6) is 0 Å². The monoisotopic (exact) mass is 326 g/mol. The van der Waals surface area contributed by atoms with Crippen LogP contribution in [-0.2, 0) is 7.05 Å². The summed E-state index contributed by atoms with van der Waals surface area (Å²) in [6.45, 7) is 0. The zero-order valence-electron chi connectivity index (χ0n) is 11.7. The molecule has 0 radical (unpaired) electrons. The Morgan fingerprint density at radius 2 is 2.00 bits per heavy atom. The van der Waals surface area contributed by atoms with Crippen molar-refractivity contribution < 1.29 is 0 Å². The predicted octanol–water partition coefficient (Wildman–Crippen LogP) is 3.91. The highest BCUT2D eigenvalue weighted by atomic mass is 35.5. The zero-order chi connectivity index (χ0) is 15.5. The average Bonchev–Trinajstić information content (AvgIpc) is 2.89. The van der Waals surface area contributed by atoms with Crippen LogP contribution in [0.25, 0.3) is 10.6 Å². The molecular weight excluding hydrogens is 316 g/mol. The van der Waals surface area contributed by atoms with Crippen molar-refractivity contribution >= 4 is 28.6 Å². The molecule has 6 heteroatoms. The van der Waals surface area contributed by atoms with E-state index in [-0.39, 0.29) is 0 Å². The smallest absolute Gasteiger partial charge is 0.208 e. The van der Waals surface area contributed by atoms with Crippen molar-refractivity contribution in [2.75, 3.05) is 0 Å². The van der Waals surface area contributed by atoms with E-state index in [1.54, 1.807) is 16.8 Å². The first-order valence-electron chi connectivity index (χ1n) is 6.51. The van der Waals surface area contributed by atoms with Gasteiger partial charge in [0.2, 0.25) is 4.80 Å². The van der Waals surface area contributed by atoms with Gasteiger partial charge in [0, 0.05) is 17.6 Å². The second-order valence-electron chi connectivity index (χ2n) is 4.59. The number of hydrogen-bond donors (Lipinski definition) is 0. The maximum Gasteiger partial charge on any atom is 0.208 e. The number of aromatic nitrogens is 2. The highest BCUT2D eigenvalue weighted by molar-refractivity contribution is 7.12. The van der Waals surface area contributed by atoms with Crippen molar-refractivity contribution in [1.82, 2.24) is 9.78 Å². The summed E-state index contributed by atoms with van der Waals surface area (Å²) in [6.07, 6.45) is 0. The number of rotatable bonds is 2. The third kappa shape index (κ3) is 3.08. The second kappa shape index (κ2) is 6.14. The van der Waals surface area contributed by atoms with Crippen LogP contribution in [0.2, 0.25) is 5.02 Å². The lowest BCUT2D eigenvalue weighted by Gasteiger charge is -1.94. The quantitative estimate of drug-likeness (QED) is 0.717. The van der Waals surface area contributed by atoms with E-state index in [1.165, 1.54) is 11.3 Å². The average molecular weight is 327 g/mol. The van der Waals surface area contributed by atoms with Gasteiger partial charge in [-0.3, -0.25) is 0 Å². The van der Waals surface area contributed by atoms with Crippen LogP contribution in [0.3, 0.4) is 0 Å². The number of benzene rings is 2. The van der Waals surface area contributed by atoms with Gasteiger partial charge in [0.1, 0.15) is 5.01 Å². The fourth-order valence-corrected chi connectivity index (χ4v) is 2.95. The first-order chi connectivity index (χ1) is 10.7. The summed E-state index contributed by atoms with van der Waals surface area (Å²) in [5.41, 5.74) is 2.32. The molecule has 0 bridgehead atoms. The summed E-state index contributed by atoms with van der Waals surface area (Å²) in [5, 5.41) is 15.0. The molecule has 0 aliphatic rings. The first kappa shape index (κ1) is 14.5. The molecule has 0 amide bonds. The highest BCUT2D eigenvalue weighted by Gasteiger charge is 2.05. The predicted molar refractivity (Wildman–Crippen MR) is 87.9 cm³/mol. The third-order valence-electron chi connectivity index (χ3n) is 3.00. The molecule has 0 saturated carbocycles. The minimum atomic E-state index is 0.589. The van der Waals surface area contributed by atoms with E-state index in [4.69, 9.17) is 16.9 Å². The van der Waals surface area contributed by atoms with Crippen LogP contribution < -0.4 is 4.80 Å². The molecule has 1 heterocycles. The number of aryl methyl sites for hydroxylation is 1. The lowest BCUT2D eigenvalue weighted by molar-refractivity contribution is 0.732. The van der Waals surface area contributed by atoms with Gasteiger partial charge in [-0.05, 0) is 30.3 Å². The Morgan fingerprint density at radius 1 is 1.23 bits per heavy atom. The Hall–Kier alpha value is -2.42. The molecule has 2 aromatic carbocycles. The normalized spacial score (nSPS) is 11.4. The summed E-state index contributed by atoms with van der Waals surface area (Å²) in [5.74, 6) is 0. The molecule has 3 aromatic rings. The molecule has 0 N–H and O–H groups in total. The van der Waals surface area contributed by atoms with E-state index in [0.29, 0.717) is 10.6 Å². The van der Waals surface area contributed by atoms with Gasteiger partial charge < -0.3 is 0 Å². The first-order valence-corrected chi connectivity index (χ1v) is 7.70. The number of hydrogen-bond acceptors (Lipinski definition) is 4. The zero-order valence-corrected chi connectivity index (χ0v) is 13.3. The van der Waals surface area contributed by atoms with Crippen LogP contribution in [0.4, 0.5) is 5.69 Å². The molecule has 0 fully saturated rings. The molecule has 0 spiro atoms. The molecule has 4 nitrogen and oxygen atoms in total. The lowest BCUT2D eigenvalue weighted by atomic mass is 10.2. The summed E-state index contributed by atoms with van der Waals surface area (Å²) < 4.78 is 1.73. The third-order valence-corrected chi connectivity index (χ3v) is 4.30. The number of nitriles is 1.